The summed E-state index contributed by atoms with van der Waals surface area (Å²) in [6.45, 7) is 9.99. The highest BCUT2D eigenvalue weighted by molar-refractivity contribution is 8.26. The zero-order valence-corrected chi connectivity index (χ0v) is 39.5. The Morgan fingerprint density at radius 3 is 1.35 bits per heavy atom. The van der Waals surface area contributed by atoms with Gasteiger partial charge in [-0.05, 0) is 49.3 Å². The lowest BCUT2D eigenvalue weighted by Gasteiger charge is -2.27. The Morgan fingerprint density at radius 1 is 0.571 bits per heavy atom. The van der Waals surface area contributed by atoms with Crippen LogP contribution in [0.5, 0.6) is 11.5 Å². The summed E-state index contributed by atoms with van der Waals surface area (Å²) in [5.41, 5.74) is 2.96. The molecule has 0 spiro atoms. The monoisotopic (exact) mass is 920 g/mol. The standard InChI is InChI=1S/C50H52N2O7S4/c1-6-10-25-34(8-3)47(56)58-39-41-42(61-49(60-41)37(31(5)53)36-27-19-14-20-28-36)40(59-48(57)35(9-4)26-11-7-2)44-43(39)62-50(63-44)38-45(54)51(29-32-21-15-12-16-22-32)52(46(38)55)30-33-23-17-13-18-24-33/h12-24,27-28,34-35H,6-11,25-26,29-30H2,1-5H3. The number of Topliss-reactive ketones (excluding diaryl/α,β-unsaturated/α-hetero) is 1. The number of hydrogen-bond donors (Lipinski definition) is 0. The summed E-state index contributed by atoms with van der Waals surface area (Å²) in [4.78, 5) is 73.4. The second kappa shape index (κ2) is 21.3. The minimum absolute atomic E-state index is 0.00429. The lowest BCUT2D eigenvalue weighted by Crippen LogP contribution is -2.39. The van der Waals surface area contributed by atoms with Crippen LogP contribution in [0.3, 0.4) is 0 Å². The smallest absolute Gasteiger partial charge is 0.314 e. The maximum Gasteiger partial charge on any atom is 0.314 e. The number of nitrogens with zero attached hydrogens (tertiary/aromatic N) is 2. The number of rotatable bonds is 18. The van der Waals surface area contributed by atoms with Crippen molar-refractivity contribution < 1.29 is 33.4 Å². The number of carbonyl (C=O) groups is 5. The van der Waals surface area contributed by atoms with Gasteiger partial charge in [0.1, 0.15) is 5.57 Å². The maximum atomic E-state index is 14.7. The zero-order valence-electron chi connectivity index (χ0n) is 36.3. The van der Waals surface area contributed by atoms with Crippen LogP contribution in [0.1, 0.15) is 103 Å². The molecule has 0 N–H and O–H groups in total. The fourth-order valence-corrected chi connectivity index (χ4v) is 13.3. The van der Waals surface area contributed by atoms with E-state index in [1.165, 1.54) is 64.0 Å². The number of hydrogen-bond acceptors (Lipinski definition) is 11. The van der Waals surface area contributed by atoms with Gasteiger partial charge in [0, 0.05) is 5.57 Å². The van der Waals surface area contributed by atoms with Crippen molar-refractivity contribution in [3.8, 4) is 11.5 Å². The first-order valence-corrected chi connectivity index (χ1v) is 25.0. The van der Waals surface area contributed by atoms with Gasteiger partial charge in [0.2, 0.25) is 0 Å². The summed E-state index contributed by atoms with van der Waals surface area (Å²) in [6.07, 6.45) is 6.05. The predicted molar refractivity (Wildman–Crippen MR) is 253 cm³/mol. The van der Waals surface area contributed by atoms with Gasteiger partial charge in [-0.15, -0.1) is 0 Å². The third-order valence-electron chi connectivity index (χ3n) is 11.2. The van der Waals surface area contributed by atoms with Gasteiger partial charge in [0.15, 0.2) is 17.3 Å². The molecule has 63 heavy (non-hydrogen) atoms. The number of allylic oxidation sites excluding steroid dienone is 1. The summed E-state index contributed by atoms with van der Waals surface area (Å²) in [6, 6.07) is 28.5. The van der Waals surface area contributed by atoms with Crippen LogP contribution >= 0.6 is 47.0 Å². The summed E-state index contributed by atoms with van der Waals surface area (Å²) in [5, 5.41) is 2.99. The van der Waals surface area contributed by atoms with E-state index < -0.39 is 11.8 Å². The normalized spacial score (nSPS) is 15.4. The minimum Gasteiger partial charge on any atom is -0.424 e. The number of esters is 2. The quantitative estimate of drug-likeness (QED) is 0.0412. The molecule has 328 valence electrons. The number of ketones is 1. The Kier molecular flexibility index (Phi) is 15.7. The van der Waals surface area contributed by atoms with E-state index in [4.69, 9.17) is 9.47 Å². The number of thioether (sulfide) groups is 4. The van der Waals surface area contributed by atoms with E-state index in [9.17, 15) is 24.0 Å². The van der Waals surface area contributed by atoms with Crippen LogP contribution < -0.4 is 9.47 Å². The summed E-state index contributed by atoms with van der Waals surface area (Å²) < 4.78 is 14.1. The van der Waals surface area contributed by atoms with Gasteiger partial charge in [0.25, 0.3) is 11.8 Å². The van der Waals surface area contributed by atoms with Crippen LogP contribution in [0.4, 0.5) is 0 Å². The highest BCUT2D eigenvalue weighted by Crippen LogP contribution is 2.69. The van der Waals surface area contributed by atoms with Crippen LogP contribution in [0.15, 0.2) is 125 Å². The fraction of sp³-hybridized carbons (Fsp3) is 0.340. The van der Waals surface area contributed by atoms with Crippen molar-refractivity contribution in [3.63, 3.8) is 0 Å². The Bertz CT molecular complexity index is 2300. The van der Waals surface area contributed by atoms with Gasteiger partial charge in [0.05, 0.1) is 53.0 Å². The van der Waals surface area contributed by atoms with Crippen molar-refractivity contribution in [3.05, 3.63) is 122 Å². The molecule has 3 aliphatic heterocycles. The average molecular weight is 921 g/mol. The van der Waals surface area contributed by atoms with Gasteiger partial charge >= 0.3 is 11.9 Å². The molecular formula is C50H52N2O7S4. The number of benzene rings is 4. The molecule has 7 rings (SSSR count). The molecule has 9 nitrogen and oxygen atoms in total. The number of fused-ring (bicyclic) bond motifs is 2. The SMILES string of the molecule is CCCCC(CC)C(=O)Oc1c2c(c(OC(=O)C(CC)CCCC)c3c1SC(=C(C(C)=O)c1ccccc1)S3)SC(=C1C(=O)N(Cc3ccccc3)N(Cc3ccccc3)C1=O)S2. The summed E-state index contributed by atoms with van der Waals surface area (Å²) >= 11 is 4.99. The van der Waals surface area contributed by atoms with Crippen molar-refractivity contribution in [2.75, 3.05) is 0 Å². The average Bonchev–Trinajstić information content (AvgIpc) is 3.98. The Hall–Kier alpha value is -4.69. The summed E-state index contributed by atoms with van der Waals surface area (Å²) in [7, 11) is 0. The predicted octanol–water partition coefficient (Wildman–Crippen LogP) is 12.5. The van der Waals surface area contributed by atoms with Crippen molar-refractivity contribution in [2.24, 2.45) is 11.8 Å². The van der Waals surface area contributed by atoms with Gasteiger partial charge in [-0.1, -0.05) is 191 Å². The summed E-state index contributed by atoms with van der Waals surface area (Å²) in [5.74, 6) is -1.99. The van der Waals surface area contributed by atoms with Gasteiger partial charge < -0.3 is 9.47 Å². The minimum atomic E-state index is -0.452. The molecule has 4 aromatic rings. The van der Waals surface area contributed by atoms with E-state index >= 15 is 0 Å². The highest BCUT2D eigenvalue weighted by atomic mass is 32.2. The van der Waals surface area contributed by atoms with E-state index in [1.807, 2.05) is 105 Å². The molecule has 4 aromatic carbocycles. The Labute approximate surface area is 387 Å². The van der Waals surface area contributed by atoms with E-state index in [1.54, 1.807) is 0 Å². The third kappa shape index (κ3) is 10.2. The Morgan fingerprint density at radius 2 is 0.968 bits per heavy atom. The molecule has 1 fully saturated rings. The van der Waals surface area contributed by atoms with E-state index in [0.717, 1.165) is 42.4 Å². The van der Waals surface area contributed by atoms with Crippen molar-refractivity contribution in [2.45, 2.75) is 119 Å². The first kappa shape index (κ1) is 46.3. The lowest BCUT2D eigenvalue weighted by molar-refractivity contribution is -0.149. The van der Waals surface area contributed by atoms with Gasteiger partial charge in [-0.3, -0.25) is 24.0 Å². The largest absolute Gasteiger partial charge is 0.424 e. The van der Waals surface area contributed by atoms with Crippen LogP contribution in [0.2, 0.25) is 0 Å². The number of amides is 2. The Balaban J connectivity index is 1.40. The van der Waals surface area contributed by atoms with Crippen molar-refractivity contribution in [1.82, 2.24) is 10.0 Å². The van der Waals surface area contributed by atoms with Crippen LogP contribution in [0.25, 0.3) is 5.57 Å². The van der Waals surface area contributed by atoms with E-state index in [-0.39, 0.29) is 59.7 Å². The number of unbranched alkanes of at least 4 members (excludes halogenated alkanes) is 2. The molecule has 0 radical (unpaired) electrons. The number of ether oxygens (including phenoxy) is 2. The molecule has 3 heterocycles. The molecule has 0 aromatic heterocycles. The van der Waals surface area contributed by atoms with Crippen LogP contribution in [0, 0.1) is 11.8 Å². The van der Waals surface area contributed by atoms with Crippen LogP contribution in [-0.2, 0) is 37.1 Å². The lowest BCUT2D eigenvalue weighted by atomic mass is 10.00. The fourth-order valence-electron chi connectivity index (χ4n) is 7.68. The topological polar surface area (TPSA) is 110 Å². The van der Waals surface area contributed by atoms with E-state index in [2.05, 4.69) is 13.8 Å². The third-order valence-corrected chi connectivity index (χ3v) is 16.4. The van der Waals surface area contributed by atoms with Crippen LogP contribution in [-0.4, -0.2) is 39.6 Å². The molecule has 0 saturated carbocycles. The van der Waals surface area contributed by atoms with Gasteiger partial charge in [-0.25, -0.2) is 10.0 Å². The van der Waals surface area contributed by atoms with Crippen molar-refractivity contribution >= 4 is 82.2 Å². The molecule has 2 atom stereocenters. The molecular weight excluding hydrogens is 869 g/mol. The second-order valence-corrected chi connectivity index (χ2v) is 20.3. The molecule has 0 aliphatic carbocycles. The van der Waals surface area contributed by atoms with Gasteiger partial charge in [-0.2, -0.15) is 0 Å². The first-order valence-electron chi connectivity index (χ1n) is 21.7. The maximum absolute atomic E-state index is 14.7. The molecule has 2 unspecified atom stereocenters. The first-order chi connectivity index (χ1) is 30.6. The molecule has 1 saturated heterocycles. The number of carbonyl (C=O) groups excluding carboxylic acids is 5. The van der Waals surface area contributed by atoms with Crippen molar-refractivity contribution in [1.29, 1.82) is 0 Å². The molecule has 0 bridgehead atoms. The number of hydrazine groups is 1. The highest BCUT2D eigenvalue weighted by Gasteiger charge is 2.47. The molecule has 3 aliphatic rings. The second-order valence-electron chi connectivity index (χ2n) is 15.7. The molecule has 2 amide bonds. The zero-order chi connectivity index (χ0) is 44.6. The van der Waals surface area contributed by atoms with E-state index in [0.29, 0.717) is 59.3 Å². The molecule has 13 heteroatoms.